The lowest BCUT2D eigenvalue weighted by Crippen LogP contribution is -2.16. The molecule has 0 atom stereocenters. The van der Waals surface area contributed by atoms with Crippen molar-refractivity contribution in [1.29, 1.82) is 10.5 Å². The van der Waals surface area contributed by atoms with Gasteiger partial charge >= 0.3 is 6.36 Å². The number of alkyl halides is 3. The molecule has 0 unspecified atom stereocenters. The average Bonchev–Trinajstić information content (AvgIpc) is 3.30. The summed E-state index contributed by atoms with van der Waals surface area (Å²) in [6, 6.07) is 12.0. The molecule has 0 saturated carbocycles. The Morgan fingerprint density at radius 2 is 1.94 bits per heavy atom. The van der Waals surface area contributed by atoms with E-state index < -0.39 is 6.36 Å². The minimum atomic E-state index is -4.78. The highest BCUT2D eigenvalue weighted by Crippen LogP contribution is 2.29. The van der Waals surface area contributed by atoms with Gasteiger partial charge < -0.3 is 20.0 Å². The Labute approximate surface area is 173 Å². The standard InChI is InChI=1S/C20H14F3N5O3/c21-20(22,23)31-14-3-1-12(2-4-14)17-6-5-15(30-17)9-13(10-24)18-16(11-25)19(26)28(27-18)7-8-29/h1-6,9,29H,7-8,26H2. The number of nitrogen functional groups attached to an aromatic ring is 1. The first-order chi connectivity index (χ1) is 14.8. The second kappa shape index (κ2) is 8.65. The van der Waals surface area contributed by atoms with Gasteiger partial charge in [-0.3, -0.25) is 0 Å². The highest BCUT2D eigenvalue weighted by atomic mass is 19.4. The maximum Gasteiger partial charge on any atom is 0.573 e. The molecule has 0 bridgehead atoms. The largest absolute Gasteiger partial charge is 0.573 e. The second-order valence-electron chi connectivity index (χ2n) is 6.11. The summed E-state index contributed by atoms with van der Waals surface area (Å²) in [6.07, 6.45) is -3.43. The smallest absolute Gasteiger partial charge is 0.457 e. The predicted molar refractivity (Wildman–Crippen MR) is 103 cm³/mol. The van der Waals surface area contributed by atoms with Crippen LogP contribution in [0.15, 0.2) is 40.8 Å². The number of nitrogens with two attached hydrogens (primary N) is 1. The zero-order chi connectivity index (χ0) is 22.6. The van der Waals surface area contributed by atoms with Crippen molar-refractivity contribution in [2.75, 3.05) is 12.3 Å². The van der Waals surface area contributed by atoms with Gasteiger partial charge in [0.1, 0.15) is 46.5 Å². The van der Waals surface area contributed by atoms with Crippen molar-refractivity contribution >= 4 is 17.5 Å². The number of rotatable bonds is 6. The first-order valence-corrected chi connectivity index (χ1v) is 8.71. The van der Waals surface area contributed by atoms with Crippen molar-refractivity contribution in [2.45, 2.75) is 12.9 Å². The molecule has 2 heterocycles. The van der Waals surface area contributed by atoms with Gasteiger partial charge in [-0.2, -0.15) is 15.6 Å². The van der Waals surface area contributed by atoms with Gasteiger partial charge in [0.25, 0.3) is 0 Å². The molecular weight excluding hydrogens is 415 g/mol. The minimum Gasteiger partial charge on any atom is -0.457 e. The number of benzene rings is 1. The number of aromatic nitrogens is 2. The van der Waals surface area contributed by atoms with E-state index in [-0.39, 0.29) is 47.3 Å². The van der Waals surface area contributed by atoms with Gasteiger partial charge in [0, 0.05) is 11.6 Å². The van der Waals surface area contributed by atoms with Gasteiger partial charge in [0.15, 0.2) is 0 Å². The molecule has 31 heavy (non-hydrogen) atoms. The number of allylic oxidation sites excluding steroid dienone is 1. The summed E-state index contributed by atoms with van der Waals surface area (Å²) in [5.74, 6) is 0.248. The van der Waals surface area contributed by atoms with Crippen molar-refractivity contribution in [3.8, 4) is 29.2 Å². The quantitative estimate of drug-likeness (QED) is 0.572. The molecule has 0 aliphatic carbocycles. The number of aliphatic hydroxyl groups excluding tert-OH is 1. The van der Waals surface area contributed by atoms with Gasteiger partial charge in [-0.05, 0) is 36.4 Å². The van der Waals surface area contributed by atoms with E-state index in [2.05, 4.69) is 9.84 Å². The Hall–Kier alpha value is -4.22. The molecule has 0 aliphatic heterocycles. The van der Waals surface area contributed by atoms with Crippen molar-refractivity contribution in [1.82, 2.24) is 9.78 Å². The summed E-state index contributed by atoms with van der Waals surface area (Å²) >= 11 is 0. The lowest BCUT2D eigenvalue weighted by atomic mass is 10.1. The van der Waals surface area contributed by atoms with Crippen LogP contribution in [0, 0.1) is 22.7 Å². The number of aliphatic hydroxyl groups is 1. The van der Waals surface area contributed by atoms with Gasteiger partial charge in [0.05, 0.1) is 18.7 Å². The fourth-order valence-electron chi connectivity index (χ4n) is 2.74. The summed E-state index contributed by atoms with van der Waals surface area (Å²) < 4.78 is 47.5. The molecule has 8 nitrogen and oxygen atoms in total. The Kier molecular flexibility index (Phi) is 6.00. The van der Waals surface area contributed by atoms with Crippen molar-refractivity contribution in [3.63, 3.8) is 0 Å². The average molecular weight is 429 g/mol. The van der Waals surface area contributed by atoms with E-state index in [1.54, 1.807) is 12.1 Å². The van der Waals surface area contributed by atoms with Gasteiger partial charge in [-0.1, -0.05) is 0 Å². The van der Waals surface area contributed by atoms with E-state index in [0.29, 0.717) is 11.3 Å². The van der Waals surface area contributed by atoms with Crippen LogP contribution in [-0.4, -0.2) is 27.9 Å². The lowest BCUT2D eigenvalue weighted by Gasteiger charge is -2.08. The molecular formula is C20H14F3N5O3. The molecule has 0 fully saturated rings. The van der Waals surface area contributed by atoms with Crippen LogP contribution in [-0.2, 0) is 6.54 Å². The van der Waals surface area contributed by atoms with E-state index in [0.717, 1.165) is 12.1 Å². The van der Waals surface area contributed by atoms with Crippen LogP contribution in [0.2, 0.25) is 0 Å². The van der Waals surface area contributed by atoms with Gasteiger partial charge in [-0.15, -0.1) is 13.2 Å². The fraction of sp³-hybridized carbons (Fsp3) is 0.150. The van der Waals surface area contributed by atoms with Crippen molar-refractivity contribution < 1.29 is 27.4 Å². The first-order valence-electron chi connectivity index (χ1n) is 8.71. The zero-order valence-corrected chi connectivity index (χ0v) is 15.7. The summed E-state index contributed by atoms with van der Waals surface area (Å²) in [7, 11) is 0. The van der Waals surface area contributed by atoms with Crippen LogP contribution in [0.1, 0.15) is 17.0 Å². The Bertz CT molecular complexity index is 1190. The summed E-state index contributed by atoms with van der Waals surface area (Å²) in [4.78, 5) is 0. The normalized spacial score (nSPS) is 11.7. The van der Waals surface area contributed by atoms with Crippen LogP contribution in [0.5, 0.6) is 5.75 Å². The number of halogens is 3. The second-order valence-corrected chi connectivity index (χ2v) is 6.11. The summed E-state index contributed by atoms with van der Waals surface area (Å²) in [5.41, 5.74) is 6.38. The van der Waals surface area contributed by atoms with E-state index in [4.69, 9.17) is 15.3 Å². The fourth-order valence-corrected chi connectivity index (χ4v) is 2.74. The van der Waals surface area contributed by atoms with Gasteiger partial charge in [-0.25, -0.2) is 4.68 Å². The maximum absolute atomic E-state index is 12.3. The number of hydrogen-bond acceptors (Lipinski definition) is 7. The molecule has 0 aliphatic rings. The number of nitriles is 2. The molecule has 11 heteroatoms. The Morgan fingerprint density at radius 1 is 1.23 bits per heavy atom. The van der Waals surface area contributed by atoms with E-state index >= 15 is 0 Å². The van der Waals surface area contributed by atoms with Crippen molar-refractivity contribution in [2.24, 2.45) is 0 Å². The molecule has 0 saturated heterocycles. The molecule has 1 aromatic carbocycles. The zero-order valence-electron chi connectivity index (χ0n) is 15.7. The molecule has 3 rings (SSSR count). The van der Waals surface area contributed by atoms with Crippen LogP contribution in [0.3, 0.4) is 0 Å². The number of hydrogen-bond donors (Lipinski definition) is 2. The summed E-state index contributed by atoms with van der Waals surface area (Å²) in [6.45, 7) is -0.200. The number of ether oxygens (including phenoxy) is 1. The Morgan fingerprint density at radius 3 is 2.52 bits per heavy atom. The minimum absolute atomic E-state index is 0.00622. The predicted octanol–water partition coefficient (Wildman–Crippen LogP) is 3.55. The maximum atomic E-state index is 12.3. The lowest BCUT2D eigenvalue weighted by molar-refractivity contribution is -0.274. The van der Waals surface area contributed by atoms with Crippen LogP contribution < -0.4 is 10.5 Å². The van der Waals surface area contributed by atoms with E-state index in [1.807, 2.05) is 12.1 Å². The van der Waals surface area contributed by atoms with E-state index in [1.165, 1.54) is 22.9 Å². The molecule has 3 aromatic rings. The van der Waals surface area contributed by atoms with E-state index in [9.17, 15) is 23.7 Å². The van der Waals surface area contributed by atoms with Crippen LogP contribution in [0.4, 0.5) is 19.0 Å². The Balaban J connectivity index is 1.89. The van der Waals surface area contributed by atoms with Gasteiger partial charge in [0.2, 0.25) is 0 Å². The molecule has 2 aromatic heterocycles. The molecule has 3 N–H and O–H groups in total. The van der Waals surface area contributed by atoms with Crippen molar-refractivity contribution in [3.05, 3.63) is 53.4 Å². The topological polar surface area (TPSA) is 134 Å². The monoisotopic (exact) mass is 429 g/mol. The highest BCUT2D eigenvalue weighted by molar-refractivity contribution is 5.90. The number of anilines is 1. The number of nitrogens with zero attached hydrogens (tertiary/aromatic N) is 4. The third-order valence-corrected chi connectivity index (χ3v) is 4.08. The van der Waals surface area contributed by atoms with Crippen LogP contribution >= 0.6 is 0 Å². The third-order valence-electron chi connectivity index (χ3n) is 4.08. The third kappa shape index (κ3) is 4.86. The molecule has 0 spiro atoms. The van der Waals surface area contributed by atoms with Crippen LogP contribution in [0.25, 0.3) is 23.0 Å². The molecule has 0 radical (unpaired) electrons. The molecule has 0 amide bonds. The molecule has 158 valence electrons. The first kappa shape index (κ1) is 21.5. The number of furan rings is 1. The highest BCUT2D eigenvalue weighted by Gasteiger charge is 2.31. The SMILES string of the molecule is N#CC(=Cc1ccc(-c2ccc(OC(F)(F)F)cc2)o1)c1nn(CCO)c(N)c1C#N. The summed E-state index contributed by atoms with van der Waals surface area (Å²) in [5, 5.41) is 32.1.